The van der Waals surface area contributed by atoms with Gasteiger partial charge in [0.15, 0.2) is 0 Å². The van der Waals surface area contributed by atoms with Gasteiger partial charge < -0.3 is 19.8 Å². The van der Waals surface area contributed by atoms with Gasteiger partial charge in [-0.05, 0) is 44.9 Å². The van der Waals surface area contributed by atoms with Crippen molar-refractivity contribution >= 4 is 13.7 Å². The van der Waals surface area contributed by atoms with Crippen LogP contribution in [0.15, 0.2) is 36.5 Å². The fourth-order valence-electron chi connectivity index (χ4n) is 5.01. The summed E-state index contributed by atoms with van der Waals surface area (Å²) in [5.41, 5.74) is 0. The molecule has 3 atom stereocenters. The quantitative estimate of drug-likeness (QED) is 0.0275. The molecule has 0 aromatic heterocycles. The van der Waals surface area contributed by atoms with Crippen LogP contribution >= 0.6 is 7.82 Å². The fourth-order valence-corrected chi connectivity index (χ4v) is 5.75. The van der Waals surface area contributed by atoms with Crippen LogP contribution in [0.1, 0.15) is 149 Å². The minimum Gasteiger partial charge on any atom is -0.387 e. The van der Waals surface area contributed by atoms with Gasteiger partial charge in [0.25, 0.3) is 0 Å². The topological polar surface area (TPSA) is 105 Å². The highest BCUT2D eigenvalue weighted by Crippen LogP contribution is 2.43. The Balaban J connectivity index is 4.64. The second kappa shape index (κ2) is 30.8. The molecule has 0 fully saturated rings. The number of carbonyl (C=O) groups excluding carboxylic acids is 1. The molecule has 0 heterocycles. The minimum absolute atomic E-state index is 0.0540. The Morgan fingerprint density at radius 3 is 1.70 bits per heavy atom. The number of nitrogens with zero attached hydrogens (tertiary/aromatic N) is 1. The van der Waals surface area contributed by atoms with Crippen molar-refractivity contribution in [3.63, 3.8) is 0 Å². The number of unbranched alkanes of at least 4 members (excludes halogenated alkanes) is 16. The number of allylic oxidation sites excluding steroid dienone is 5. The summed E-state index contributed by atoms with van der Waals surface area (Å²) in [4.78, 5) is 22.9. The van der Waals surface area contributed by atoms with E-state index in [9.17, 15) is 19.4 Å². The van der Waals surface area contributed by atoms with Crippen molar-refractivity contribution in [1.82, 2.24) is 5.32 Å². The maximum atomic E-state index is 12.8. The van der Waals surface area contributed by atoms with Crippen LogP contribution in [-0.2, 0) is 18.4 Å². The summed E-state index contributed by atoms with van der Waals surface area (Å²) in [6.45, 7) is 4.72. The zero-order chi connectivity index (χ0) is 35.1. The fraction of sp³-hybridized carbons (Fsp3) is 0.816. The first-order valence-corrected chi connectivity index (χ1v) is 20.4. The summed E-state index contributed by atoms with van der Waals surface area (Å²) in [5, 5.41) is 13.7. The first kappa shape index (κ1) is 45.7. The smallest absolute Gasteiger partial charge is 0.387 e. The molecule has 47 heavy (non-hydrogen) atoms. The van der Waals surface area contributed by atoms with Crippen molar-refractivity contribution in [1.29, 1.82) is 0 Å². The SMILES string of the molecule is CCCCC/C=C/CC/C=C/CC/C=C/C(O)C(COP(=O)(O)OCC[N+](C)(C)C)NC(=O)CCCCCCCCCCCCCC. The van der Waals surface area contributed by atoms with Gasteiger partial charge in [-0.15, -0.1) is 0 Å². The summed E-state index contributed by atoms with van der Waals surface area (Å²) in [6.07, 6.45) is 34.9. The molecule has 0 radical (unpaired) electrons. The Hall–Kier alpha value is -1.28. The third-order valence-corrected chi connectivity index (χ3v) is 9.07. The molecule has 9 heteroatoms. The predicted molar refractivity (Wildman–Crippen MR) is 198 cm³/mol. The molecule has 0 aliphatic heterocycles. The van der Waals surface area contributed by atoms with Gasteiger partial charge in [-0.1, -0.05) is 134 Å². The average molecular weight is 686 g/mol. The van der Waals surface area contributed by atoms with E-state index in [2.05, 4.69) is 43.5 Å². The Morgan fingerprint density at radius 1 is 0.702 bits per heavy atom. The number of aliphatic hydroxyl groups excluding tert-OH is 1. The van der Waals surface area contributed by atoms with Gasteiger partial charge in [-0.2, -0.15) is 0 Å². The van der Waals surface area contributed by atoms with Crippen molar-refractivity contribution < 1.29 is 32.9 Å². The first-order valence-electron chi connectivity index (χ1n) is 18.9. The number of carbonyl (C=O) groups is 1. The number of hydrogen-bond donors (Lipinski definition) is 3. The molecule has 3 N–H and O–H groups in total. The number of phosphoric acid groups is 1. The summed E-state index contributed by atoms with van der Waals surface area (Å²) < 4.78 is 23.4. The number of rotatable bonds is 33. The maximum Gasteiger partial charge on any atom is 0.472 e. The molecule has 0 spiro atoms. The van der Waals surface area contributed by atoms with E-state index in [4.69, 9.17) is 9.05 Å². The van der Waals surface area contributed by atoms with E-state index in [0.717, 1.165) is 51.4 Å². The largest absolute Gasteiger partial charge is 0.472 e. The molecule has 1 amide bonds. The summed E-state index contributed by atoms with van der Waals surface area (Å²) in [7, 11) is 1.54. The average Bonchev–Trinajstić information content (AvgIpc) is 3.01. The van der Waals surface area contributed by atoms with Crippen LogP contribution in [0.5, 0.6) is 0 Å². The van der Waals surface area contributed by atoms with Crippen LogP contribution in [0, 0.1) is 0 Å². The standard InChI is InChI=1S/C38H73N2O6P/c1-6-8-10-12-14-16-18-20-21-23-25-27-29-31-37(41)36(35-46-47(43,44)45-34-33-40(3,4)5)39-38(42)32-30-28-26-24-22-19-17-15-13-11-9-7-2/h14,16,21,23,29,31,36-37,41H,6-13,15,17-20,22,24-28,30,32-35H2,1-5H3,(H-,39,42,43,44)/p+1/b16-14+,23-21+,31-29+. The van der Waals surface area contributed by atoms with Crippen molar-refractivity contribution in [3.8, 4) is 0 Å². The van der Waals surface area contributed by atoms with Gasteiger partial charge in [-0.3, -0.25) is 13.8 Å². The minimum atomic E-state index is -4.34. The monoisotopic (exact) mass is 686 g/mol. The third-order valence-electron chi connectivity index (χ3n) is 8.09. The predicted octanol–water partition coefficient (Wildman–Crippen LogP) is 9.57. The lowest BCUT2D eigenvalue weighted by molar-refractivity contribution is -0.870. The van der Waals surface area contributed by atoms with Crippen LogP contribution in [0.3, 0.4) is 0 Å². The van der Waals surface area contributed by atoms with E-state index in [1.807, 2.05) is 27.2 Å². The maximum absolute atomic E-state index is 12.8. The molecule has 0 bridgehead atoms. The third kappa shape index (κ3) is 33.0. The van der Waals surface area contributed by atoms with E-state index in [1.54, 1.807) is 6.08 Å². The lowest BCUT2D eigenvalue weighted by Gasteiger charge is -2.25. The Kier molecular flexibility index (Phi) is 29.9. The second-order valence-electron chi connectivity index (χ2n) is 13.9. The lowest BCUT2D eigenvalue weighted by atomic mass is 10.0. The van der Waals surface area contributed by atoms with E-state index in [-0.39, 0.29) is 19.1 Å². The van der Waals surface area contributed by atoms with Gasteiger partial charge in [0, 0.05) is 6.42 Å². The summed E-state index contributed by atoms with van der Waals surface area (Å²) >= 11 is 0. The van der Waals surface area contributed by atoms with E-state index < -0.39 is 20.0 Å². The summed E-state index contributed by atoms with van der Waals surface area (Å²) in [6, 6.07) is -0.863. The highest BCUT2D eigenvalue weighted by molar-refractivity contribution is 7.47. The van der Waals surface area contributed by atoms with Gasteiger partial charge in [0.1, 0.15) is 13.2 Å². The normalized spacial score (nSPS) is 15.1. The van der Waals surface area contributed by atoms with Crippen LogP contribution in [-0.4, -0.2) is 73.4 Å². The number of amides is 1. The Morgan fingerprint density at radius 2 is 1.17 bits per heavy atom. The van der Waals surface area contributed by atoms with Crippen molar-refractivity contribution in [3.05, 3.63) is 36.5 Å². The number of quaternary nitrogens is 1. The molecule has 0 saturated carbocycles. The Bertz CT molecular complexity index is 871. The molecule has 276 valence electrons. The van der Waals surface area contributed by atoms with Crippen molar-refractivity contribution in [2.24, 2.45) is 0 Å². The number of aliphatic hydroxyl groups is 1. The molecule has 0 saturated heterocycles. The molecule has 0 aromatic rings. The van der Waals surface area contributed by atoms with Crippen LogP contribution in [0.2, 0.25) is 0 Å². The highest BCUT2D eigenvalue weighted by atomic mass is 31.2. The van der Waals surface area contributed by atoms with E-state index in [1.165, 1.54) is 77.0 Å². The van der Waals surface area contributed by atoms with Crippen LogP contribution in [0.25, 0.3) is 0 Å². The van der Waals surface area contributed by atoms with Crippen molar-refractivity contribution in [2.45, 2.75) is 161 Å². The van der Waals surface area contributed by atoms with Gasteiger partial charge in [0.05, 0.1) is 39.9 Å². The number of likely N-dealkylation sites (N-methyl/N-ethyl adjacent to an activating group) is 1. The van der Waals surface area contributed by atoms with Gasteiger partial charge in [-0.25, -0.2) is 4.57 Å². The number of phosphoric ester groups is 1. The highest BCUT2D eigenvalue weighted by Gasteiger charge is 2.27. The molecule has 0 aromatic carbocycles. The van der Waals surface area contributed by atoms with E-state index >= 15 is 0 Å². The van der Waals surface area contributed by atoms with E-state index in [0.29, 0.717) is 17.4 Å². The van der Waals surface area contributed by atoms with Gasteiger partial charge >= 0.3 is 7.82 Å². The molecular formula is C38H74N2O6P+. The molecule has 0 aliphatic carbocycles. The van der Waals surface area contributed by atoms with Gasteiger partial charge in [0.2, 0.25) is 5.91 Å². The van der Waals surface area contributed by atoms with Crippen LogP contribution < -0.4 is 5.32 Å². The molecule has 3 unspecified atom stereocenters. The first-order chi connectivity index (χ1) is 22.5. The number of nitrogens with one attached hydrogen (secondary N) is 1. The zero-order valence-electron chi connectivity index (χ0n) is 31.0. The number of hydrogen-bond acceptors (Lipinski definition) is 5. The lowest BCUT2D eigenvalue weighted by Crippen LogP contribution is -2.45. The summed E-state index contributed by atoms with van der Waals surface area (Å²) in [5.74, 6) is -0.195. The molecule has 0 aliphatic rings. The Labute approximate surface area is 289 Å². The molecular weight excluding hydrogens is 611 g/mol. The van der Waals surface area contributed by atoms with Crippen molar-refractivity contribution in [2.75, 3.05) is 40.9 Å². The molecule has 8 nitrogen and oxygen atoms in total. The second-order valence-corrected chi connectivity index (χ2v) is 15.4. The zero-order valence-corrected chi connectivity index (χ0v) is 31.9. The van der Waals surface area contributed by atoms with Crippen LogP contribution in [0.4, 0.5) is 0 Å². The molecule has 0 rings (SSSR count).